The Labute approximate surface area is 190 Å². The Morgan fingerprint density at radius 1 is 1.03 bits per heavy atom. The molecule has 2 aromatic carbocycles. The number of amides is 1. The van der Waals surface area contributed by atoms with Crippen molar-refractivity contribution in [1.82, 2.24) is 9.21 Å². The molecular weight excluding hydrogens is 428 g/mol. The van der Waals surface area contributed by atoms with Crippen LogP contribution in [0.2, 0.25) is 0 Å². The molecule has 32 heavy (non-hydrogen) atoms. The molecule has 4 rings (SSSR count). The molecule has 2 aliphatic rings. The Morgan fingerprint density at radius 3 is 2.28 bits per heavy atom. The summed E-state index contributed by atoms with van der Waals surface area (Å²) in [7, 11) is -2.20. The van der Waals surface area contributed by atoms with E-state index in [9.17, 15) is 13.2 Å². The molecule has 1 spiro atoms. The first-order valence-corrected chi connectivity index (χ1v) is 12.3. The van der Waals surface area contributed by atoms with Gasteiger partial charge in [-0.1, -0.05) is 29.8 Å². The van der Waals surface area contributed by atoms with Gasteiger partial charge in [0.2, 0.25) is 10.0 Å². The van der Waals surface area contributed by atoms with Crippen molar-refractivity contribution < 1.29 is 22.7 Å². The van der Waals surface area contributed by atoms with Crippen LogP contribution in [0.4, 0.5) is 0 Å². The van der Waals surface area contributed by atoms with Gasteiger partial charge in [-0.2, -0.15) is 4.31 Å². The molecule has 0 aliphatic carbocycles. The number of piperidine rings is 1. The number of nitrogens with zero attached hydrogens (tertiary/aromatic N) is 2. The van der Waals surface area contributed by atoms with E-state index in [2.05, 4.69) is 0 Å². The minimum Gasteiger partial charge on any atom is -0.496 e. The second-order valence-electron chi connectivity index (χ2n) is 8.59. The van der Waals surface area contributed by atoms with E-state index in [1.807, 2.05) is 45.0 Å². The van der Waals surface area contributed by atoms with Crippen molar-refractivity contribution in [2.75, 3.05) is 33.4 Å². The Bertz CT molecular complexity index is 1110. The smallest absolute Gasteiger partial charge is 0.257 e. The number of likely N-dealkylation sites (tertiary alicyclic amines) is 1. The van der Waals surface area contributed by atoms with E-state index in [0.717, 1.165) is 16.7 Å². The van der Waals surface area contributed by atoms with E-state index in [4.69, 9.17) is 9.47 Å². The lowest BCUT2D eigenvalue weighted by Crippen LogP contribution is -2.55. The molecule has 0 atom stereocenters. The molecule has 0 N–H and O–H groups in total. The Balaban J connectivity index is 1.58. The monoisotopic (exact) mass is 458 g/mol. The summed E-state index contributed by atoms with van der Waals surface area (Å²) in [5.41, 5.74) is 2.12. The lowest BCUT2D eigenvalue weighted by molar-refractivity contribution is -0.0857. The number of para-hydroxylation sites is 1. The molecule has 0 aromatic heterocycles. The second-order valence-corrected chi connectivity index (χ2v) is 10.4. The summed E-state index contributed by atoms with van der Waals surface area (Å²) in [6, 6.07) is 10.9. The number of aryl methyl sites for hydroxylation is 3. The first kappa shape index (κ1) is 22.8. The maximum Gasteiger partial charge on any atom is 0.257 e. The van der Waals surface area contributed by atoms with Crippen molar-refractivity contribution in [3.05, 3.63) is 58.7 Å². The van der Waals surface area contributed by atoms with Crippen LogP contribution < -0.4 is 4.74 Å². The molecule has 2 fully saturated rings. The van der Waals surface area contributed by atoms with E-state index in [1.54, 1.807) is 24.1 Å². The van der Waals surface area contributed by atoms with Crippen molar-refractivity contribution in [2.24, 2.45) is 0 Å². The van der Waals surface area contributed by atoms with Crippen molar-refractivity contribution in [3.63, 3.8) is 0 Å². The summed E-state index contributed by atoms with van der Waals surface area (Å²) in [6.45, 7) is 7.13. The summed E-state index contributed by atoms with van der Waals surface area (Å²) in [6.07, 6.45) is 0.855. The average molecular weight is 459 g/mol. The largest absolute Gasteiger partial charge is 0.496 e. The molecule has 2 aliphatic heterocycles. The van der Waals surface area contributed by atoms with Crippen LogP contribution in [-0.4, -0.2) is 62.6 Å². The molecule has 8 heteroatoms. The molecule has 0 saturated carbocycles. The highest BCUT2D eigenvalue weighted by molar-refractivity contribution is 7.89. The number of rotatable bonds is 4. The molecule has 7 nitrogen and oxygen atoms in total. The molecule has 2 aromatic rings. The van der Waals surface area contributed by atoms with Gasteiger partial charge in [0.05, 0.1) is 24.2 Å². The van der Waals surface area contributed by atoms with Gasteiger partial charge in [0.15, 0.2) is 0 Å². The van der Waals surface area contributed by atoms with Gasteiger partial charge in [-0.3, -0.25) is 4.79 Å². The molecule has 1 amide bonds. The van der Waals surface area contributed by atoms with Crippen molar-refractivity contribution in [3.8, 4) is 5.75 Å². The second kappa shape index (κ2) is 8.50. The van der Waals surface area contributed by atoms with Gasteiger partial charge in [0, 0.05) is 32.5 Å². The summed E-state index contributed by atoms with van der Waals surface area (Å²) >= 11 is 0. The third kappa shape index (κ3) is 3.80. The van der Waals surface area contributed by atoms with Gasteiger partial charge in [0.25, 0.3) is 5.91 Å². The third-order valence-electron chi connectivity index (χ3n) is 6.44. The van der Waals surface area contributed by atoms with Crippen LogP contribution in [0.1, 0.15) is 39.9 Å². The maximum atomic E-state index is 13.7. The fourth-order valence-electron chi connectivity index (χ4n) is 5.06. The lowest BCUT2D eigenvalue weighted by Gasteiger charge is -2.43. The van der Waals surface area contributed by atoms with Crippen LogP contribution >= 0.6 is 0 Å². The van der Waals surface area contributed by atoms with Crippen LogP contribution in [0.5, 0.6) is 5.75 Å². The normalized spacial score (nSPS) is 18.8. The Kier molecular flexibility index (Phi) is 6.04. The molecule has 0 unspecified atom stereocenters. The van der Waals surface area contributed by atoms with Gasteiger partial charge in [-0.05, 0) is 44.0 Å². The van der Waals surface area contributed by atoms with Gasteiger partial charge < -0.3 is 14.4 Å². The summed E-state index contributed by atoms with van der Waals surface area (Å²) in [5, 5.41) is 0. The van der Waals surface area contributed by atoms with E-state index in [-0.39, 0.29) is 5.91 Å². The molecule has 2 saturated heterocycles. The Morgan fingerprint density at radius 2 is 1.66 bits per heavy atom. The zero-order valence-corrected chi connectivity index (χ0v) is 19.9. The predicted molar refractivity (Wildman–Crippen MR) is 121 cm³/mol. The van der Waals surface area contributed by atoms with Crippen LogP contribution in [0, 0.1) is 20.8 Å². The van der Waals surface area contributed by atoms with Crippen molar-refractivity contribution in [2.45, 2.75) is 44.2 Å². The van der Waals surface area contributed by atoms with Gasteiger partial charge in [-0.15, -0.1) is 0 Å². The molecule has 0 bridgehead atoms. The molecular formula is C24H30N2O5S. The lowest BCUT2D eigenvalue weighted by atomic mass is 9.99. The average Bonchev–Trinajstić information content (AvgIpc) is 3.16. The van der Waals surface area contributed by atoms with E-state index >= 15 is 0 Å². The zero-order chi connectivity index (χ0) is 23.1. The highest BCUT2D eigenvalue weighted by Gasteiger charge is 2.51. The topological polar surface area (TPSA) is 76.2 Å². The standard InChI is InChI=1S/C24H30N2O5S/c1-17-15-18(2)22(19(3)16-17)32(28,29)26-13-14-31-24(26)9-11-25(12-10-24)23(27)20-7-5-6-8-21(20)30-4/h5-8,15-16H,9-14H2,1-4H3. The van der Waals surface area contributed by atoms with Gasteiger partial charge in [0.1, 0.15) is 11.5 Å². The minimum atomic E-state index is -3.74. The zero-order valence-electron chi connectivity index (χ0n) is 19.1. The van der Waals surface area contributed by atoms with E-state index in [1.165, 1.54) is 4.31 Å². The Hall–Kier alpha value is -2.42. The number of hydrogen-bond donors (Lipinski definition) is 0. The predicted octanol–water partition coefficient (Wildman–Crippen LogP) is 3.27. The van der Waals surface area contributed by atoms with Crippen molar-refractivity contribution in [1.29, 1.82) is 0 Å². The van der Waals surface area contributed by atoms with E-state index in [0.29, 0.717) is 55.3 Å². The van der Waals surface area contributed by atoms with Crippen LogP contribution in [0.3, 0.4) is 0 Å². The van der Waals surface area contributed by atoms with Crippen LogP contribution in [0.15, 0.2) is 41.3 Å². The van der Waals surface area contributed by atoms with Crippen LogP contribution in [-0.2, 0) is 14.8 Å². The molecule has 172 valence electrons. The minimum absolute atomic E-state index is 0.116. The quantitative estimate of drug-likeness (QED) is 0.703. The number of sulfonamides is 1. The fourth-order valence-corrected chi connectivity index (χ4v) is 7.20. The number of benzene rings is 2. The number of methoxy groups -OCH3 is 1. The SMILES string of the molecule is COc1ccccc1C(=O)N1CCC2(CC1)OCCN2S(=O)(=O)c1c(C)cc(C)cc1C. The summed E-state index contributed by atoms with van der Waals surface area (Å²) in [5.74, 6) is 0.416. The van der Waals surface area contributed by atoms with Crippen molar-refractivity contribution >= 4 is 15.9 Å². The van der Waals surface area contributed by atoms with E-state index < -0.39 is 15.7 Å². The molecule has 0 radical (unpaired) electrons. The first-order valence-electron chi connectivity index (χ1n) is 10.9. The fraction of sp³-hybridized carbons (Fsp3) is 0.458. The highest BCUT2D eigenvalue weighted by atomic mass is 32.2. The van der Waals surface area contributed by atoms with Crippen LogP contribution in [0.25, 0.3) is 0 Å². The first-order chi connectivity index (χ1) is 15.2. The summed E-state index contributed by atoms with van der Waals surface area (Å²) in [4.78, 5) is 15.2. The van der Waals surface area contributed by atoms with Gasteiger partial charge in [-0.25, -0.2) is 8.42 Å². The van der Waals surface area contributed by atoms with Gasteiger partial charge >= 0.3 is 0 Å². The maximum absolute atomic E-state index is 13.7. The summed E-state index contributed by atoms with van der Waals surface area (Å²) < 4.78 is 40.4. The highest BCUT2D eigenvalue weighted by Crippen LogP contribution is 2.40. The number of hydrogen-bond acceptors (Lipinski definition) is 5. The third-order valence-corrected chi connectivity index (χ3v) is 8.70. The number of carbonyl (C=O) groups is 1. The number of carbonyl (C=O) groups excluding carboxylic acids is 1. The molecule has 2 heterocycles. The number of ether oxygens (including phenoxy) is 2.